The number of ether oxygens (including phenoxy) is 1. The van der Waals surface area contributed by atoms with Crippen molar-refractivity contribution >= 4 is 22.7 Å². The smallest absolute Gasteiger partial charge is 0.432 e. The van der Waals surface area contributed by atoms with E-state index in [1.807, 2.05) is 0 Å². The Morgan fingerprint density at radius 3 is 2.30 bits per heavy atom. The van der Waals surface area contributed by atoms with Gasteiger partial charge < -0.3 is 19.6 Å². The highest BCUT2D eigenvalue weighted by atomic mass is 19.4. The fourth-order valence-electron chi connectivity index (χ4n) is 3.58. The number of aromatic nitrogens is 5. The number of nitrogens with zero attached hydrogens (tertiary/aromatic N) is 4. The third-order valence-electron chi connectivity index (χ3n) is 5.42. The molecule has 7 nitrogen and oxygen atoms in total. The number of nitrogens with one attached hydrogen (secondary N) is 2. The zero-order chi connectivity index (χ0) is 26.4. The van der Waals surface area contributed by atoms with Gasteiger partial charge in [0.2, 0.25) is 5.95 Å². The van der Waals surface area contributed by atoms with Crippen molar-refractivity contribution in [2.75, 3.05) is 5.32 Å². The Morgan fingerprint density at radius 1 is 0.865 bits per heavy atom. The third-order valence-corrected chi connectivity index (χ3v) is 5.42. The van der Waals surface area contributed by atoms with Crippen LogP contribution in [0.15, 0.2) is 67.1 Å². The summed E-state index contributed by atoms with van der Waals surface area (Å²) >= 11 is 0. The number of imidazole rings is 2. The maximum absolute atomic E-state index is 12.9. The third kappa shape index (κ3) is 5.06. The lowest BCUT2D eigenvalue weighted by Gasteiger charge is -2.09. The van der Waals surface area contributed by atoms with Gasteiger partial charge in [-0.05, 0) is 42.5 Å². The zero-order valence-electron chi connectivity index (χ0n) is 18.8. The minimum Gasteiger partial charge on any atom is -0.456 e. The average Bonchev–Trinajstić information content (AvgIpc) is 3.45. The summed E-state index contributed by atoms with van der Waals surface area (Å²) in [5, 5.41) is 2.99. The first-order valence-electron chi connectivity index (χ1n) is 10.6. The van der Waals surface area contributed by atoms with E-state index in [1.165, 1.54) is 30.6 Å². The fraction of sp³-hybridized carbons (Fsp3) is 0.125. The number of anilines is 2. The average molecular weight is 518 g/mol. The molecule has 3 heterocycles. The highest BCUT2D eigenvalue weighted by molar-refractivity contribution is 5.81. The summed E-state index contributed by atoms with van der Waals surface area (Å²) in [6, 6.07) is 11.1. The zero-order valence-corrected chi connectivity index (χ0v) is 18.8. The van der Waals surface area contributed by atoms with Gasteiger partial charge in [-0.2, -0.15) is 26.3 Å². The Hall–Kier alpha value is -4.55. The van der Waals surface area contributed by atoms with E-state index in [0.29, 0.717) is 34.7 Å². The molecule has 0 spiro atoms. The van der Waals surface area contributed by atoms with Crippen LogP contribution < -0.4 is 10.1 Å². The van der Waals surface area contributed by atoms with Crippen molar-refractivity contribution in [2.45, 2.75) is 12.4 Å². The molecule has 0 bridgehead atoms. The van der Waals surface area contributed by atoms with Crippen molar-refractivity contribution in [3.8, 4) is 22.9 Å². The van der Waals surface area contributed by atoms with E-state index in [4.69, 9.17) is 4.74 Å². The minimum absolute atomic E-state index is 0.00978. The van der Waals surface area contributed by atoms with Crippen LogP contribution in [0.4, 0.5) is 38.0 Å². The van der Waals surface area contributed by atoms with Crippen molar-refractivity contribution in [3.63, 3.8) is 0 Å². The van der Waals surface area contributed by atoms with E-state index in [-0.39, 0.29) is 11.6 Å². The Kier molecular flexibility index (Phi) is 5.77. The van der Waals surface area contributed by atoms with Crippen LogP contribution in [-0.4, -0.2) is 24.5 Å². The molecular weight excluding hydrogens is 502 g/mol. The van der Waals surface area contributed by atoms with Gasteiger partial charge in [-0.15, -0.1) is 0 Å². The Morgan fingerprint density at radius 2 is 1.62 bits per heavy atom. The molecule has 2 aromatic carbocycles. The molecule has 0 atom stereocenters. The first-order chi connectivity index (χ1) is 17.5. The topological polar surface area (TPSA) is 80.7 Å². The van der Waals surface area contributed by atoms with Crippen LogP contribution in [0.3, 0.4) is 0 Å². The standard InChI is InChI=1S/C24H16F6N6O/c1-36-19-7-6-16(9-18(19)34-22(36)33-15-4-2-14(3-5-15)23(25,26)27)37-17-8-13(10-31-11-17)21-32-12-20(35-21)24(28,29)30/h2-12H,1H3,(H,32,35)(H,33,34). The summed E-state index contributed by atoms with van der Waals surface area (Å²) in [5.74, 6) is 1.04. The van der Waals surface area contributed by atoms with Gasteiger partial charge in [0.15, 0.2) is 0 Å². The second-order valence-corrected chi connectivity index (χ2v) is 8.00. The van der Waals surface area contributed by atoms with E-state index in [1.54, 1.807) is 29.8 Å². The number of hydrogen-bond donors (Lipinski definition) is 2. The molecule has 37 heavy (non-hydrogen) atoms. The summed E-state index contributed by atoms with van der Waals surface area (Å²) < 4.78 is 84.5. The van der Waals surface area contributed by atoms with Gasteiger partial charge in [0.1, 0.15) is 23.0 Å². The van der Waals surface area contributed by atoms with Gasteiger partial charge in [-0.3, -0.25) is 4.98 Å². The molecule has 0 radical (unpaired) electrons. The number of hydrogen-bond acceptors (Lipinski definition) is 5. The molecule has 5 rings (SSSR count). The first kappa shape index (κ1) is 24.2. The van der Waals surface area contributed by atoms with Crippen molar-refractivity contribution < 1.29 is 31.1 Å². The van der Waals surface area contributed by atoms with Crippen LogP contribution >= 0.6 is 0 Å². The van der Waals surface area contributed by atoms with Crippen LogP contribution in [0.25, 0.3) is 22.4 Å². The fourth-order valence-corrected chi connectivity index (χ4v) is 3.58. The lowest BCUT2D eigenvalue weighted by molar-refractivity contribution is -0.141. The van der Waals surface area contributed by atoms with E-state index in [2.05, 4.69) is 25.3 Å². The number of halogens is 6. The van der Waals surface area contributed by atoms with Crippen LogP contribution in [0.2, 0.25) is 0 Å². The number of aromatic amines is 1. The van der Waals surface area contributed by atoms with Gasteiger partial charge >= 0.3 is 12.4 Å². The molecule has 0 aliphatic carbocycles. The molecule has 5 aromatic rings. The van der Waals surface area contributed by atoms with Crippen molar-refractivity contribution in [1.82, 2.24) is 24.5 Å². The Bertz CT molecular complexity index is 1570. The van der Waals surface area contributed by atoms with E-state index in [9.17, 15) is 26.3 Å². The minimum atomic E-state index is -4.55. The second-order valence-electron chi connectivity index (χ2n) is 8.00. The predicted octanol–water partition coefficient (Wildman–Crippen LogP) is 6.93. The quantitative estimate of drug-likeness (QED) is 0.247. The lowest BCUT2D eigenvalue weighted by atomic mass is 10.2. The van der Waals surface area contributed by atoms with E-state index < -0.39 is 23.6 Å². The molecule has 0 unspecified atom stereocenters. The molecule has 0 fully saturated rings. The summed E-state index contributed by atoms with van der Waals surface area (Å²) in [7, 11) is 1.74. The predicted molar refractivity (Wildman–Crippen MR) is 122 cm³/mol. The first-order valence-corrected chi connectivity index (χ1v) is 10.6. The maximum Gasteiger partial charge on any atom is 0.432 e. The molecule has 13 heteroatoms. The Labute approximate surface area is 204 Å². The van der Waals surface area contributed by atoms with Crippen molar-refractivity contribution in [1.29, 1.82) is 0 Å². The lowest BCUT2D eigenvalue weighted by Crippen LogP contribution is -2.05. The second kappa shape index (κ2) is 8.84. The number of aryl methyl sites for hydroxylation is 1. The summed E-state index contributed by atoms with van der Waals surface area (Å²) in [5.41, 5.74) is 0.266. The molecule has 0 amide bonds. The van der Waals surface area contributed by atoms with Gasteiger partial charge in [-0.1, -0.05) is 0 Å². The maximum atomic E-state index is 12.9. The number of rotatable bonds is 5. The monoisotopic (exact) mass is 518 g/mol. The van der Waals surface area contributed by atoms with Crippen molar-refractivity contribution in [3.05, 3.63) is 78.4 Å². The SMILES string of the molecule is Cn1c(Nc2ccc(C(F)(F)F)cc2)nc2cc(Oc3cncc(-c4ncc(C(F)(F)F)[nH]4)c3)ccc21. The van der Waals surface area contributed by atoms with Crippen LogP contribution in [-0.2, 0) is 19.4 Å². The highest BCUT2D eigenvalue weighted by Gasteiger charge is 2.33. The number of benzene rings is 2. The largest absolute Gasteiger partial charge is 0.456 e. The van der Waals surface area contributed by atoms with Crippen LogP contribution in [0, 0.1) is 0 Å². The van der Waals surface area contributed by atoms with Crippen molar-refractivity contribution in [2.24, 2.45) is 7.05 Å². The molecule has 0 saturated heterocycles. The number of pyridine rings is 1. The summed E-state index contributed by atoms with van der Waals surface area (Å²) in [4.78, 5) is 14.5. The van der Waals surface area contributed by atoms with Crippen LogP contribution in [0.5, 0.6) is 11.5 Å². The molecule has 2 N–H and O–H groups in total. The van der Waals surface area contributed by atoms with Crippen LogP contribution in [0.1, 0.15) is 11.3 Å². The van der Waals surface area contributed by atoms with Gasteiger partial charge in [0.25, 0.3) is 0 Å². The number of H-pyrrole nitrogens is 1. The normalized spacial score (nSPS) is 12.2. The van der Waals surface area contributed by atoms with E-state index in [0.717, 1.165) is 17.6 Å². The molecule has 0 aliphatic rings. The Balaban J connectivity index is 1.36. The van der Waals surface area contributed by atoms with Gasteiger partial charge in [0.05, 0.1) is 29.0 Å². The molecule has 0 saturated carbocycles. The van der Waals surface area contributed by atoms with E-state index >= 15 is 0 Å². The highest BCUT2D eigenvalue weighted by Crippen LogP contribution is 2.33. The molecule has 0 aliphatic heterocycles. The summed E-state index contributed by atoms with van der Waals surface area (Å²) in [6.45, 7) is 0. The molecule has 190 valence electrons. The van der Waals surface area contributed by atoms with Gasteiger partial charge in [0, 0.05) is 30.6 Å². The number of alkyl halides is 6. The number of fused-ring (bicyclic) bond motifs is 1. The molecule has 3 aromatic heterocycles. The molecular formula is C24H16F6N6O. The summed E-state index contributed by atoms with van der Waals surface area (Å²) in [6.07, 6.45) is -5.52. The van der Waals surface area contributed by atoms with Gasteiger partial charge in [-0.25, -0.2) is 9.97 Å².